The Morgan fingerprint density at radius 1 is 1.14 bits per heavy atom. The van der Waals surface area contributed by atoms with Crippen LogP contribution in [0.3, 0.4) is 0 Å². The molecule has 0 atom stereocenters. The van der Waals surface area contributed by atoms with Crippen LogP contribution >= 0.6 is 15.9 Å². The smallest absolute Gasteiger partial charge is 0.266 e. The minimum Gasteiger partial charge on any atom is -0.322 e. The van der Waals surface area contributed by atoms with Crippen LogP contribution in [0.1, 0.15) is 20.7 Å². The summed E-state index contributed by atoms with van der Waals surface area (Å²) in [4.78, 5) is 23.5. The second-order valence-corrected chi connectivity index (χ2v) is 7.18. The van der Waals surface area contributed by atoms with Gasteiger partial charge in [0.1, 0.15) is 4.90 Å². The molecule has 0 saturated heterocycles. The van der Waals surface area contributed by atoms with E-state index in [0.29, 0.717) is 11.3 Å². The highest BCUT2D eigenvalue weighted by atomic mass is 79.9. The van der Waals surface area contributed by atoms with E-state index in [0.717, 1.165) is 4.47 Å². The zero-order valence-corrected chi connectivity index (χ0v) is 13.4. The first-order chi connectivity index (χ1) is 10.4. The largest absolute Gasteiger partial charge is 0.322 e. The van der Waals surface area contributed by atoms with Crippen molar-refractivity contribution in [3.05, 3.63) is 58.1 Å². The summed E-state index contributed by atoms with van der Waals surface area (Å²) >= 11 is 3.27. The first kappa shape index (κ1) is 14.7. The number of halogens is 1. The summed E-state index contributed by atoms with van der Waals surface area (Å²) in [6.45, 7) is 0. The molecule has 0 saturated carbocycles. The highest BCUT2D eigenvalue weighted by Crippen LogP contribution is 2.26. The number of sulfonamides is 1. The first-order valence-corrected chi connectivity index (χ1v) is 8.42. The van der Waals surface area contributed by atoms with E-state index in [2.05, 4.69) is 21.2 Å². The molecule has 2 N–H and O–H groups in total. The molecule has 112 valence electrons. The van der Waals surface area contributed by atoms with Gasteiger partial charge in [0.2, 0.25) is 0 Å². The molecule has 1 aliphatic heterocycles. The molecule has 2 aromatic carbocycles. The lowest BCUT2D eigenvalue weighted by Crippen LogP contribution is -2.20. The molecule has 0 radical (unpaired) electrons. The van der Waals surface area contributed by atoms with Crippen LogP contribution in [-0.4, -0.2) is 20.2 Å². The molecule has 0 aliphatic carbocycles. The molecule has 1 heterocycles. The van der Waals surface area contributed by atoms with Gasteiger partial charge in [-0.25, -0.2) is 13.1 Å². The van der Waals surface area contributed by atoms with E-state index < -0.39 is 15.9 Å². The quantitative estimate of drug-likeness (QED) is 0.834. The number of carbonyl (C=O) groups excluding carboxylic acids is 2. The van der Waals surface area contributed by atoms with E-state index in [1.165, 1.54) is 18.2 Å². The maximum absolute atomic E-state index is 12.1. The van der Waals surface area contributed by atoms with Gasteiger partial charge in [0.15, 0.2) is 0 Å². The molecule has 0 bridgehead atoms. The lowest BCUT2D eigenvalue weighted by atomic mass is 10.1. The predicted octanol–water partition coefficient (Wildman–Crippen LogP) is 2.13. The Bertz CT molecular complexity index is 909. The van der Waals surface area contributed by atoms with Gasteiger partial charge >= 0.3 is 0 Å². The average molecular weight is 381 g/mol. The van der Waals surface area contributed by atoms with Crippen molar-refractivity contribution >= 4 is 43.5 Å². The standard InChI is InChI=1S/C14H9BrN2O4S/c15-9-3-1-2-8(6-9)13(18)16-10-4-5-11-12(7-10)22(20,21)17-14(11)19/h1-7H,(H,16,18)(H,17,19). The number of rotatable bonds is 2. The number of anilines is 1. The number of hydrogen-bond acceptors (Lipinski definition) is 4. The third-order valence-corrected chi connectivity index (χ3v) is 4.95. The Morgan fingerprint density at radius 2 is 1.91 bits per heavy atom. The maximum atomic E-state index is 12.1. The normalized spacial score (nSPS) is 15.0. The first-order valence-electron chi connectivity index (χ1n) is 6.15. The van der Waals surface area contributed by atoms with Gasteiger partial charge < -0.3 is 5.32 Å². The lowest BCUT2D eigenvalue weighted by molar-refractivity contribution is 0.0983. The molecule has 0 fully saturated rings. The van der Waals surface area contributed by atoms with E-state index in [4.69, 9.17) is 0 Å². The molecule has 0 aromatic heterocycles. The number of amides is 2. The third-order valence-electron chi connectivity index (χ3n) is 3.09. The topological polar surface area (TPSA) is 92.3 Å². The molecule has 2 aromatic rings. The number of hydrogen-bond donors (Lipinski definition) is 2. The second kappa shape index (κ2) is 5.22. The van der Waals surface area contributed by atoms with Crippen LogP contribution in [0, 0.1) is 0 Å². The van der Waals surface area contributed by atoms with E-state index in [1.54, 1.807) is 24.3 Å². The summed E-state index contributed by atoms with van der Waals surface area (Å²) in [6.07, 6.45) is 0. The second-order valence-electron chi connectivity index (χ2n) is 4.61. The summed E-state index contributed by atoms with van der Waals surface area (Å²) in [5, 5.41) is 2.60. The van der Waals surface area contributed by atoms with Crippen LogP contribution in [0.4, 0.5) is 5.69 Å². The van der Waals surface area contributed by atoms with Gasteiger partial charge in [-0.2, -0.15) is 0 Å². The van der Waals surface area contributed by atoms with Gasteiger partial charge in [-0.15, -0.1) is 0 Å². The van der Waals surface area contributed by atoms with Crippen LogP contribution in [-0.2, 0) is 10.0 Å². The Balaban J connectivity index is 1.92. The molecule has 22 heavy (non-hydrogen) atoms. The summed E-state index contributed by atoms with van der Waals surface area (Å²) in [7, 11) is -3.84. The van der Waals surface area contributed by atoms with Crippen LogP contribution in [0.15, 0.2) is 51.8 Å². The zero-order valence-electron chi connectivity index (χ0n) is 11.0. The van der Waals surface area contributed by atoms with Crippen LogP contribution in [0.25, 0.3) is 0 Å². The van der Waals surface area contributed by atoms with Crippen molar-refractivity contribution in [3.63, 3.8) is 0 Å². The summed E-state index contributed by atoms with van der Waals surface area (Å²) in [5.74, 6) is -1.05. The maximum Gasteiger partial charge on any atom is 0.266 e. The fourth-order valence-electron chi connectivity index (χ4n) is 2.07. The molecule has 3 rings (SSSR count). The SMILES string of the molecule is O=C(Nc1ccc2c(c1)S(=O)(=O)NC2=O)c1cccc(Br)c1. The molecule has 6 nitrogen and oxygen atoms in total. The summed E-state index contributed by atoms with van der Waals surface area (Å²) in [6, 6.07) is 10.9. The highest BCUT2D eigenvalue weighted by Gasteiger charge is 2.32. The number of benzene rings is 2. The minimum absolute atomic E-state index is 0.0699. The van der Waals surface area contributed by atoms with Crippen LogP contribution < -0.4 is 10.0 Å². The van der Waals surface area contributed by atoms with E-state index >= 15 is 0 Å². The lowest BCUT2D eigenvalue weighted by Gasteiger charge is -2.06. The number of carbonyl (C=O) groups is 2. The molecule has 2 amide bonds. The van der Waals surface area contributed by atoms with Crippen molar-refractivity contribution in [2.75, 3.05) is 5.32 Å². The van der Waals surface area contributed by atoms with Gasteiger partial charge in [0.05, 0.1) is 5.56 Å². The number of fused-ring (bicyclic) bond motifs is 1. The molecule has 0 unspecified atom stereocenters. The van der Waals surface area contributed by atoms with Gasteiger partial charge in [-0.1, -0.05) is 22.0 Å². The Hall–Kier alpha value is -2.19. The minimum atomic E-state index is -3.84. The van der Waals surface area contributed by atoms with Crippen molar-refractivity contribution in [2.24, 2.45) is 0 Å². The Labute approximate surface area is 134 Å². The third kappa shape index (κ3) is 2.62. The van der Waals surface area contributed by atoms with Crippen molar-refractivity contribution < 1.29 is 18.0 Å². The molecule has 0 spiro atoms. The van der Waals surface area contributed by atoms with E-state index in [9.17, 15) is 18.0 Å². The molecular formula is C14H9BrN2O4S. The summed E-state index contributed by atoms with van der Waals surface area (Å²) in [5.41, 5.74) is 0.788. The Kier molecular flexibility index (Phi) is 3.50. The van der Waals surface area contributed by atoms with Crippen molar-refractivity contribution in [1.29, 1.82) is 0 Å². The van der Waals surface area contributed by atoms with Crippen LogP contribution in [0.2, 0.25) is 0 Å². The highest BCUT2D eigenvalue weighted by molar-refractivity contribution is 9.10. The van der Waals surface area contributed by atoms with E-state index in [-0.39, 0.29) is 16.4 Å². The average Bonchev–Trinajstić information content (AvgIpc) is 2.68. The monoisotopic (exact) mass is 380 g/mol. The summed E-state index contributed by atoms with van der Waals surface area (Å²) < 4.78 is 26.2. The van der Waals surface area contributed by atoms with Crippen molar-refractivity contribution in [3.8, 4) is 0 Å². The van der Waals surface area contributed by atoms with Gasteiger partial charge in [0.25, 0.3) is 21.8 Å². The van der Waals surface area contributed by atoms with Gasteiger partial charge in [-0.05, 0) is 36.4 Å². The molecular weight excluding hydrogens is 372 g/mol. The van der Waals surface area contributed by atoms with Crippen LogP contribution in [0.5, 0.6) is 0 Å². The molecule has 8 heteroatoms. The van der Waals surface area contributed by atoms with E-state index in [1.807, 2.05) is 4.72 Å². The Morgan fingerprint density at radius 3 is 2.64 bits per heavy atom. The molecule has 1 aliphatic rings. The fourth-order valence-corrected chi connectivity index (χ4v) is 3.67. The predicted molar refractivity (Wildman–Crippen MR) is 83.2 cm³/mol. The van der Waals surface area contributed by atoms with Crippen molar-refractivity contribution in [1.82, 2.24) is 4.72 Å². The van der Waals surface area contributed by atoms with Gasteiger partial charge in [-0.3, -0.25) is 9.59 Å². The van der Waals surface area contributed by atoms with Gasteiger partial charge in [0, 0.05) is 15.7 Å². The number of nitrogens with one attached hydrogen (secondary N) is 2. The van der Waals surface area contributed by atoms with Crippen molar-refractivity contribution in [2.45, 2.75) is 4.90 Å². The fraction of sp³-hybridized carbons (Fsp3) is 0. The zero-order chi connectivity index (χ0) is 15.9.